The van der Waals surface area contributed by atoms with Gasteiger partial charge in [0.2, 0.25) is 5.91 Å². The normalized spacial score (nSPS) is 12.0. The van der Waals surface area contributed by atoms with Crippen molar-refractivity contribution in [1.82, 2.24) is 34.8 Å². The molecule has 3 aromatic heterocycles. The van der Waals surface area contributed by atoms with Gasteiger partial charge < -0.3 is 10.6 Å². The van der Waals surface area contributed by atoms with Gasteiger partial charge in [-0.05, 0) is 32.9 Å². The Morgan fingerprint density at radius 2 is 2.08 bits per heavy atom. The first kappa shape index (κ1) is 17.6. The van der Waals surface area contributed by atoms with Crippen LogP contribution >= 0.6 is 0 Å². The zero-order valence-electron chi connectivity index (χ0n) is 15.0. The predicted octanol–water partition coefficient (Wildman–Crippen LogP) is 1.26. The number of aromatic nitrogens is 6. The van der Waals surface area contributed by atoms with Gasteiger partial charge in [0, 0.05) is 37.2 Å². The monoisotopic (exact) mass is 354 g/mol. The van der Waals surface area contributed by atoms with E-state index in [1.54, 1.807) is 34.7 Å². The van der Waals surface area contributed by atoms with Crippen molar-refractivity contribution in [2.45, 2.75) is 26.8 Å². The third-order valence-electron chi connectivity index (χ3n) is 3.91. The highest BCUT2D eigenvalue weighted by atomic mass is 16.2. The minimum Gasteiger partial charge on any atom is -0.368 e. The molecule has 0 radical (unpaired) electrons. The van der Waals surface area contributed by atoms with Crippen molar-refractivity contribution in [3.8, 4) is 5.82 Å². The molecular formula is C17H22N8O. The molecule has 0 aliphatic carbocycles. The summed E-state index contributed by atoms with van der Waals surface area (Å²) in [6, 6.07) is 5.27. The second-order valence-electron chi connectivity index (χ2n) is 5.98. The van der Waals surface area contributed by atoms with Crippen LogP contribution in [0.5, 0.6) is 0 Å². The number of amides is 1. The van der Waals surface area contributed by atoms with Gasteiger partial charge >= 0.3 is 0 Å². The first-order valence-electron chi connectivity index (χ1n) is 8.41. The Bertz CT molecular complexity index is 871. The standard InChI is InChI=1S/C17H22N8O/c1-12-9-13(2)25(23-12)16-10-15(20-11-21-16)18-6-7-19-17(26)14(3)24-8-4-5-22-24/h4-5,8-11,14H,6-7H2,1-3H3,(H,19,26)(H,18,20,21)/t14-/m0/s1. The van der Waals surface area contributed by atoms with Crippen molar-refractivity contribution in [1.29, 1.82) is 0 Å². The van der Waals surface area contributed by atoms with Crippen LogP contribution in [-0.2, 0) is 4.79 Å². The Morgan fingerprint density at radius 1 is 1.23 bits per heavy atom. The molecular weight excluding hydrogens is 332 g/mol. The zero-order valence-corrected chi connectivity index (χ0v) is 15.0. The quantitative estimate of drug-likeness (QED) is 0.619. The minimum atomic E-state index is -0.346. The molecule has 0 aliphatic rings. The molecule has 0 unspecified atom stereocenters. The van der Waals surface area contributed by atoms with Crippen LogP contribution in [0.15, 0.2) is 36.9 Å². The van der Waals surface area contributed by atoms with Crippen LogP contribution in [0.25, 0.3) is 5.82 Å². The van der Waals surface area contributed by atoms with Crippen LogP contribution in [0.1, 0.15) is 24.4 Å². The molecule has 0 saturated carbocycles. The second-order valence-corrected chi connectivity index (χ2v) is 5.98. The molecule has 0 aromatic carbocycles. The molecule has 26 heavy (non-hydrogen) atoms. The van der Waals surface area contributed by atoms with Gasteiger partial charge in [0.25, 0.3) is 0 Å². The lowest BCUT2D eigenvalue weighted by molar-refractivity contribution is -0.124. The second kappa shape index (κ2) is 7.77. The first-order valence-corrected chi connectivity index (χ1v) is 8.41. The Morgan fingerprint density at radius 3 is 2.77 bits per heavy atom. The molecule has 2 N–H and O–H groups in total. The first-order chi connectivity index (χ1) is 12.5. The van der Waals surface area contributed by atoms with Gasteiger partial charge in [0.1, 0.15) is 18.2 Å². The summed E-state index contributed by atoms with van der Waals surface area (Å²) in [6.45, 7) is 6.75. The van der Waals surface area contributed by atoms with Gasteiger partial charge in [0.15, 0.2) is 5.82 Å². The summed E-state index contributed by atoms with van der Waals surface area (Å²) >= 11 is 0. The van der Waals surface area contributed by atoms with Crippen LogP contribution < -0.4 is 10.6 Å². The maximum absolute atomic E-state index is 12.1. The van der Waals surface area contributed by atoms with E-state index in [9.17, 15) is 4.79 Å². The molecule has 0 spiro atoms. The van der Waals surface area contributed by atoms with E-state index in [4.69, 9.17) is 0 Å². The number of carbonyl (C=O) groups is 1. The molecule has 1 amide bonds. The Kier molecular flexibility index (Phi) is 5.26. The van der Waals surface area contributed by atoms with E-state index in [1.807, 2.05) is 26.0 Å². The van der Waals surface area contributed by atoms with Gasteiger partial charge in [-0.15, -0.1) is 0 Å². The molecule has 3 rings (SSSR count). The van der Waals surface area contributed by atoms with Crippen LogP contribution in [0.3, 0.4) is 0 Å². The maximum atomic E-state index is 12.1. The van der Waals surface area contributed by atoms with Gasteiger partial charge in [-0.3, -0.25) is 9.48 Å². The third-order valence-corrected chi connectivity index (χ3v) is 3.91. The van der Waals surface area contributed by atoms with E-state index in [2.05, 4.69) is 30.8 Å². The summed E-state index contributed by atoms with van der Waals surface area (Å²) in [6.07, 6.45) is 4.91. The van der Waals surface area contributed by atoms with E-state index in [1.165, 1.54) is 6.33 Å². The van der Waals surface area contributed by atoms with Crippen LogP contribution in [0.4, 0.5) is 5.82 Å². The molecule has 9 heteroatoms. The summed E-state index contributed by atoms with van der Waals surface area (Å²) in [7, 11) is 0. The Labute approximate surface area is 151 Å². The van der Waals surface area contributed by atoms with Crippen molar-refractivity contribution in [3.05, 3.63) is 48.3 Å². The van der Waals surface area contributed by atoms with Crippen LogP contribution in [0.2, 0.25) is 0 Å². The Hall–Kier alpha value is -3.23. The van der Waals surface area contributed by atoms with E-state index >= 15 is 0 Å². The largest absolute Gasteiger partial charge is 0.368 e. The molecule has 3 heterocycles. The topological polar surface area (TPSA) is 103 Å². The number of nitrogens with one attached hydrogen (secondary N) is 2. The summed E-state index contributed by atoms with van der Waals surface area (Å²) in [5, 5.41) is 14.6. The molecule has 9 nitrogen and oxygen atoms in total. The van der Waals surface area contributed by atoms with Gasteiger partial charge in [0.05, 0.1) is 5.69 Å². The average Bonchev–Trinajstić information content (AvgIpc) is 3.27. The number of anilines is 1. The lowest BCUT2D eigenvalue weighted by Gasteiger charge is -2.13. The minimum absolute atomic E-state index is 0.0819. The maximum Gasteiger partial charge on any atom is 0.244 e. The highest BCUT2D eigenvalue weighted by Gasteiger charge is 2.13. The number of carbonyl (C=O) groups excluding carboxylic acids is 1. The molecule has 3 aromatic rings. The smallest absolute Gasteiger partial charge is 0.244 e. The molecule has 136 valence electrons. The third kappa shape index (κ3) is 4.05. The van der Waals surface area contributed by atoms with Crippen molar-refractivity contribution in [3.63, 3.8) is 0 Å². The molecule has 0 fully saturated rings. The molecule has 1 atom stereocenters. The van der Waals surface area contributed by atoms with E-state index in [0.29, 0.717) is 24.7 Å². The zero-order chi connectivity index (χ0) is 18.5. The van der Waals surface area contributed by atoms with Gasteiger partial charge in [-0.1, -0.05) is 0 Å². The fraction of sp³-hybridized carbons (Fsp3) is 0.353. The number of hydrogen-bond acceptors (Lipinski definition) is 6. The number of nitrogens with zero attached hydrogens (tertiary/aromatic N) is 6. The summed E-state index contributed by atoms with van der Waals surface area (Å²) in [4.78, 5) is 20.6. The lowest BCUT2D eigenvalue weighted by atomic mass is 10.3. The van der Waals surface area contributed by atoms with Crippen molar-refractivity contribution in [2.75, 3.05) is 18.4 Å². The molecule has 0 bridgehead atoms. The van der Waals surface area contributed by atoms with Crippen LogP contribution in [-0.4, -0.2) is 48.5 Å². The highest BCUT2D eigenvalue weighted by Crippen LogP contribution is 2.12. The number of aryl methyl sites for hydroxylation is 2. The highest BCUT2D eigenvalue weighted by molar-refractivity contribution is 5.79. The van der Waals surface area contributed by atoms with E-state index in [-0.39, 0.29) is 11.9 Å². The molecule has 0 saturated heterocycles. The fourth-order valence-corrected chi connectivity index (χ4v) is 2.57. The predicted molar refractivity (Wildman–Crippen MR) is 97.1 cm³/mol. The summed E-state index contributed by atoms with van der Waals surface area (Å²) in [5.41, 5.74) is 1.94. The molecule has 0 aliphatic heterocycles. The van der Waals surface area contributed by atoms with E-state index in [0.717, 1.165) is 11.4 Å². The van der Waals surface area contributed by atoms with Gasteiger partial charge in [-0.25, -0.2) is 14.6 Å². The van der Waals surface area contributed by atoms with Gasteiger partial charge in [-0.2, -0.15) is 10.2 Å². The van der Waals surface area contributed by atoms with Crippen molar-refractivity contribution >= 4 is 11.7 Å². The SMILES string of the molecule is Cc1cc(C)n(-c2cc(NCCNC(=O)[C@H](C)n3cccn3)ncn2)n1. The summed E-state index contributed by atoms with van der Waals surface area (Å²) < 4.78 is 3.39. The van der Waals surface area contributed by atoms with Crippen LogP contribution in [0, 0.1) is 13.8 Å². The van der Waals surface area contributed by atoms with Crippen molar-refractivity contribution < 1.29 is 4.79 Å². The average molecular weight is 354 g/mol. The summed E-state index contributed by atoms with van der Waals surface area (Å²) in [5.74, 6) is 1.29. The number of rotatable bonds is 7. The fourth-order valence-electron chi connectivity index (χ4n) is 2.57. The van der Waals surface area contributed by atoms with E-state index < -0.39 is 0 Å². The number of hydrogen-bond donors (Lipinski definition) is 2. The Balaban J connectivity index is 1.52. The lowest BCUT2D eigenvalue weighted by Crippen LogP contribution is -2.34. The van der Waals surface area contributed by atoms with Crippen molar-refractivity contribution in [2.24, 2.45) is 0 Å².